The Kier molecular flexibility index (Phi) is 5.97. The lowest BCUT2D eigenvalue weighted by atomic mass is 10.2. The molecule has 0 aliphatic heterocycles. The van der Waals surface area contributed by atoms with Crippen LogP contribution < -0.4 is 9.46 Å². The Morgan fingerprint density at radius 3 is 2.22 bits per heavy atom. The minimum absolute atomic E-state index is 0.211. The van der Waals surface area contributed by atoms with Crippen LogP contribution in [0.1, 0.15) is 13.3 Å². The van der Waals surface area contributed by atoms with E-state index in [4.69, 9.17) is 0 Å². The van der Waals surface area contributed by atoms with E-state index in [-0.39, 0.29) is 4.47 Å². The van der Waals surface area contributed by atoms with Gasteiger partial charge in [0.15, 0.2) is 0 Å². The fourth-order valence-corrected chi connectivity index (χ4v) is 3.14. The van der Waals surface area contributed by atoms with Crippen LogP contribution in [0.2, 0.25) is 0 Å². The Morgan fingerprint density at radius 1 is 1.22 bits per heavy atom. The third-order valence-corrected chi connectivity index (χ3v) is 4.66. The molecule has 0 heterocycles. The number of nitrogens with one attached hydrogen (secondary N) is 1. The molecule has 0 bridgehead atoms. The molecule has 23 heavy (non-hydrogen) atoms. The maximum absolute atomic E-state index is 12.6. The number of hydrogen-bond acceptors (Lipinski definition) is 3. The number of ether oxygens (including phenoxy) is 1. The lowest BCUT2D eigenvalue weighted by molar-refractivity contribution is -0.275. The van der Waals surface area contributed by atoms with Crippen LogP contribution >= 0.6 is 15.9 Å². The molecular formula is C11H10BrF6NO3S. The predicted octanol–water partition coefficient (Wildman–Crippen LogP) is 3.97. The van der Waals surface area contributed by atoms with Gasteiger partial charge in [0.25, 0.3) is 0 Å². The van der Waals surface area contributed by atoms with Gasteiger partial charge in [0, 0.05) is 6.07 Å². The smallest absolute Gasteiger partial charge is 0.405 e. The van der Waals surface area contributed by atoms with Crippen LogP contribution in [0.25, 0.3) is 0 Å². The van der Waals surface area contributed by atoms with Crippen molar-refractivity contribution in [1.29, 1.82) is 0 Å². The van der Waals surface area contributed by atoms with E-state index in [9.17, 15) is 34.8 Å². The zero-order valence-electron chi connectivity index (χ0n) is 11.3. The Bertz CT molecular complexity index is 659. The van der Waals surface area contributed by atoms with Gasteiger partial charge in [-0.2, -0.15) is 17.9 Å². The average Bonchev–Trinajstić information content (AvgIpc) is 2.35. The maximum atomic E-state index is 12.6. The fraction of sp³-hybridized carbons (Fsp3) is 0.455. The number of hydrogen-bond donors (Lipinski definition) is 1. The van der Waals surface area contributed by atoms with E-state index in [1.54, 1.807) is 0 Å². The average molecular weight is 430 g/mol. The van der Waals surface area contributed by atoms with Gasteiger partial charge >= 0.3 is 12.5 Å². The summed E-state index contributed by atoms with van der Waals surface area (Å²) in [6.45, 7) is 1.11. The zero-order chi connectivity index (χ0) is 18.1. The van der Waals surface area contributed by atoms with E-state index in [0.717, 1.165) is 19.1 Å². The molecule has 0 aliphatic carbocycles. The van der Waals surface area contributed by atoms with Crippen LogP contribution in [0, 0.1) is 0 Å². The lowest BCUT2D eigenvalue weighted by Crippen LogP contribution is -2.44. The highest BCUT2D eigenvalue weighted by Gasteiger charge is 2.41. The summed E-state index contributed by atoms with van der Waals surface area (Å²) in [7, 11) is -4.69. The minimum Gasteiger partial charge on any atom is -0.405 e. The predicted molar refractivity (Wildman–Crippen MR) is 71.3 cm³/mol. The topological polar surface area (TPSA) is 55.4 Å². The van der Waals surface area contributed by atoms with E-state index in [1.165, 1.54) is 4.72 Å². The van der Waals surface area contributed by atoms with Crippen molar-refractivity contribution in [2.75, 3.05) is 0 Å². The van der Waals surface area contributed by atoms with Gasteiger partial charge in [-0.05, 0) is 34.5 Å². The standard InChI is InChI=1S/C11H10BrF6NO3S/c1-2-9(10(13,14)15)19-23(20,21)6-3-4-7(12)8(5-6)22-11(16,17)18/h3-5,9,19H,2H2,1H3. The molecule has 1 atom stereocenters. The molecule has 0 fully saturated rings. The maximum Gasteiger partial charge on any atom is 0.573 e. The van der Waals surface area contributed by atoms with Crippen LogP contribution in [0.5, 0.6) is 5.75 Å². The number of halogens is 7. The first kappa shape index (κ1) is 20.0. The van der Waals surface area contributed by atoms with Gasteiger partial charge < -0.3 is 4.74 Å². The Hall–Kier alpha value is -1.01. The van der Waals surface area contributed by atoms with Crippen LogP contribution in [-0.4, -0.2) is 27.0 Å². The van der Waals surface area contributed by atoms with Crippen LogP contribution in [0.3, 0.4) is 0 Å². The van der Waals surface area contributed by atoms with Crippen molar-refractivity contribution in [3.63, 3.8) is 0 Å². The van der Waals surface area contributed by atoms with Gasteiger partial charge in [-0.1, -0.05) is 6.92 Å². The molecular weight excluding hydrogens is 420 g/mol. The summed E-state index contributed by atoms with van der Waals surface area (Å²) in [5, 5.41) is 0. The quantitative estimate of drug-likeness (QED) is 0.720. The summed E-state index contributed by atoms with van der Waals surface area (Å²) < 4.78 is 103. The molecule has 1 unspecified atom stereocenters. The minimum atomic E-state index is -5.09. The van der Waals surface area contributed by atoms with E-state index < -0.39 is 45.7 Å². The molecule has 4 nitrogen and oxygen atoms in total. The van der Waals surface area contributed by atoms with E-state index in [0.29, 0.717) is 6.07 Å². The fourth-order valence-electron chi connectivity index (χ4n) is 1.49. The van der Waals surface area contributed by atoms with Gasteiger partial charge in [-0.15, -0.1) is 13.2 Å². The van der Waals surface area contributed by atoms with Crippen LogP contribution in [0.4, 0.5) is 26.3 Å². The molecule has 0 aromatic heterocycles. The summed E-state index contributed by atoms with van der Waals surface area (Å²) in [6.07, 6.45) is -10.5. The van der Waals surface area contributed by atoms with Crippen LogP contribution in [-0.2, 0) is 10.0 Å². The number of alkyl halides is 6. The summed E-state index contributed by atoms with van der Waals surface area (Å²) >= 11 is 2.73. The van der Waals surface area contributed by atoms with Gasteiger partial charge in [-0.25, -0.2) is 8.42 Å². The van der Waals surface area contributed by atoms with Gasteiger partial charge in [0.05, 0.1) is 9.37 Å². The van der Waals surface area contributed by atoms with Crippen molar-refractivity contribution in [2.24, 2.45) is 0 Å². The molecule has 132 valence electrons. The largest absolute Gasteiger partial charge is 0.573 e. The molecule has 0 saturated carbocycles. The van der Waals surface area contributed by atoms with Crippen molar-refractivity contribution in [2.45, 2.75) is 36.8 Å². The van der Waals surface area contributed by atoms with Crippen molar-refractivity contribution in [3.8, 4) is 5.75 Å². The highest BCUT2D eigenvalue weighted by atomic mass is 79.9. The summed E-state index contributed by atoms with van der Waals surface area (Å²) in [6, 6.07) is -0.116. The third-order valence-electron chi connectivity index (χ3n) is 2.54. The first-order valence-electron chi connectivity index (χ1n) is 5.90. The summed E-state index contributed by atoms with van der Waals surface area (Å²) in [5.41, 5.74) is 0. The van der Waals surface area contributed by atoms with Crippen molar-refractivity contribution < 1.29 is 39.5 Å². The second-order valence-corrected chi connectivity index (χ2v) is 6.83. The highest BCUT2D eigenvalue weighted by molar-refractivity contribution is 9.10. The second kappa shape index (κ2) is 6.85. The monoisotopic (exact) mass is 429 g/mol. The highest BCUT2D eigenvalue weighted by Crippen LogP contribution is 2.33. The molecule has 12 heteroatoms. The SMILES string of the molecule is CCC(NS(=O)(=O)c1ccc(Br)c(OC(F)(F)F)c1)C(F)(F)F. The van der Waals surface area contributed by atoms with Gasteiger partial charge in [0.1, 0.15) is 11.8 Å². The molecule has 0 radical (unpaired) electrons. The molecule has 1 aromatic carbocycles. The Balaban J connectivity index is 3.17. The van der Waals surface area contributed by atoms with Crippen LogP contribution in [0.15, 0.2) is 27.6 Å². The Morgan fingerprint density at radius 2 is 1.78 bits per heavy atom. The molecule has 0 saturated heterocycles. The summed E-state index contributed by atoms with van der Waals surface area (Å²) in [5.74, 6) is -0.888. The second-order valence-electron chi connectivity index (χ2n) is 4.26. The van der Waals surface area contributed by atoms with Gasteiger partial charge in [-0.3, -0.25) is 0 Å². The van der Waals surface area contributed by atoms with E-state index in [2.05, 4.69) is 20.7 Å². The molecule has 0 amide bonds. The summed E-state index contributed by atoms with van der Waals surface area (Å²) in [4.78, 5) is -0.789. The molecule has 1 aromatic rings. The normalized spacial score (nSPS) is 14.6. The first-order chi connectivity index (χ1) is 10.3. The van der Waals surface area contributed by atoms with E-state index >= 15 is 0 Å². The molecule has 0 aliphatic rings. The number of rotatable bonds is 5. The van der Waals surface area contributed by atoms with E-state index in [1.807, 2.05) is 0 Å². The van der Waals surface area contributed by atoms with Crippen molar-refractivity contribution in [3.05, 3.63) is 22.7 Å². The molecule has 1 rings (SSSR count). The molecule has 1 N–H and O–H groups in total. The third kappa shape index (κ3) is 5.84. The van der Waals surface area contributed by atoms with Crippen molar-refractivity contribution >= 4 is 26.0 Å². The number of benzene rings is 1. The first-order valence-corrected chi connectivity index (χ1v) is 8.18. The molecule has 0 spiro atoms. The zero-order valence-corrected chi connectivity index (χ0v) is 13.7. The Labute approximate surface area is 136 Å². The number of sulfonamides is 1. The lowest BCUT2D eigenvalue weighted by Gasteiger charge is -2.20. The van der Waals surface area contributed by atoms with Crippen molar-refractivity contribution in [1.82, 2.24) is 4.72 Å². The van der Waals surface area contributed by atoms with Gasteiger partial charge in [0.2, 0.25) is 10.0 Å².